The Kier molecular flexibility index (Phi) is 5.42. The van der Waals surface area contributed by atoms with Crippen LogP contribution in [0.15, 0.2) is 53.7 Å². The summed E-state index contributed by atoms with van der Waals surface area (Å²) in [4.78, 5) is 7.06. The summed E-state index contributed by atoms with van der Waals surface area (Å²) in [5.41, 5.74) is 2.28. The Morgan fingerprint density at radius 2 is 1.79 bits per heavy atom. The molecule has 1 fully saturated rings. The number of aryl methyl sites for hydroxylation is 1. The van der Waals surface area contributed by atoms with Crippen molar-refractivity contribution in [1.29, 1.82) is 0 Å². The third kappa shape index (κ3) is 3.80. The molecule has 0 amide bonds. The lowest BCUT2D eigenvalue weighted by Gasteiger charge is -2.34. The smallest absolute Gasteiger partial charge is 0.243 e. The Labute approximate surface area is 170 Å². The number of rotatable bonds is 5. The van der Waals surface area contributed by atoms with Crippen LogP contribution in [-0.2, 0) is 23.5 Å². The normalized spacial score (nSPS) is 16.6. The van der Waals surface area contributed by atoms with Gasteiger partial charge in [-0.25, -0.2) is 13.4 Å². The predicted octanol–water partition coefficient (Wildman–Crippen LogP) is 2.78. The van der Waals surface area contributed by atoms with E-state index in [-0.39, 0.29) is 0 Å². The van der Waals surface area contributed by atoms with E-state index in [4.69, 9.17) is 11.6 Å². The first-order valence-corrected chi connectivity index (χ1v) is 11.1. The molecule has 0 aliphatic carbocycles. The molecule has 3 aromatic rings. The standard InChI is InChI=1S/C20H23ClN4O2S/c1-23-15-16(19-3-2-9-22-20(19)23)8-10-24-11-13-25(14-12-24)28(26,27)18-6-4-17(21)5-7-18/h2-7,9,15H,8,10-14H2,1H3. The molecular weight excluding hydrogens is 396 g/mol. The molecule has 1 saturated heterocycles. The maximum atomic E-state index is 12.8. The summed E-state index contributed by atoms with van der Waals surface area (Å²) in [6.07, 6.45) is 4.87. The first-order valence-electron chi connectivity index (χ1n) is 9.32. The van der Waals surface area contributed by atoms with Crippen LogP contribution in [-0.4, -0.2) is 59.9 Å². The Bertz CT molecular complexity index is 1070. The van der Waals surface area contributed by atoms with Crippen LogP contribution in [0.4, 0.5) is 0 Å². The van der Waals surface area contributed by atoms with Crippen molar-refractivity contribution in [3.63, 3.8) is 0 Å². The lowest BCUT2D eigenvalue weighted by molar-refractivity contribution is 0.190. The zero-order valence-electron chi connectivity index (χ0n) is 15.8. The number of fused-ring (bicyclic) bond motifs is 1. The first kappa shape index (κ1) is 19.4. The van der Waals surface area contributed by atoms with Gasteiger partial charge in [-0.15, -0.1) is 0 Å². The van der Waals surface area contributed by atoms with Crippen molar-refractivity contribution in [2.24, 2.45) is 7.05 Å². The molecule has 0 radical (unpaired) electrons. The molecule has 1 aromatic carbocycles. The Balaban J connectivity index is 1.37. The number of piperazine rings is 1. The molecular formula is C20H23ClN4O2S. The van der Waals surface area contributed by atoms with Crippen LogP contribution in [0.5, 0.6) is 0 Å². The quantitative estimate of drug-likeness (QED) is 0.639. The van der Waals surface area contributed by atoms with Gasteiger partial charge < -0.3 is 9.47 Å². The zero-order valence-corrected chi connectivity index (χ0v) is 17.3. The van der Waals surface area contributed by atoms with E-state index in [0.717, 1.165) is 31.7 Å². The number of nitrogens with zero attached hydrogens (tertiary/aromatic N) is 4. The summed E-state index contributed by atoms with van der Waals surface area (Å²) in [5.74, 6) is 0. The maximum absolute atomic E-state index is 12.8. The molecule has 1 aliphatic heterocycles. The van der Waals surface area contributed by atoms with Gasteiger partial charge in [-0.05, 0) is 48.4 Å². The van der Waals surface area contributed by atoms with Crippen LogP contribution in [0, 0.1) is 0 Å². The Hall–Kier alpha value is -1.93. The summed E-state index contributed by atoms with van der Waals surface area (Å²) < 4.78 is 29.2. The van der Waals surface area contributed by atoms with Gasteiger partial charge in [-0.2, -0.15) is 4.31 Å². The molecule has 2 aromatic heterocycles. The van der Waals surface area contributed by atoms with E-state index in [1.165, 1.54) is 10.9 Å². The van der Waals surface area contributed by atoms with Gasteiger partial charge in [0.2, 0.25) is 10.0 Å². The van der Waals surface area contributed by atoms with Crippen molar-refractivity contribution in [3.05, 3.63) is 59.4 Å². The van der Waals surface area contributed by atoms with Gasteiger partial charge in [-0.3, -0.25) is 0 Å². The molecule has 4 rings (SSSR count). The number of sulfonamides is 1. The molecule has 0 spiro atoms. The van der Waals surface area contributed by atoms with Gasteiger partial charge in [0, 0.05) is 62.6 Å². The van der Waals surface area contributed by atoms with Gasteiger partial charge in [0.15, 0.2) is 0 Å². The summed E-state index contributed by atoms with van der Waals surface area (Å²) in [7, 11) is -1.45. The summed E-state index contributed by atoms with van der Waals surface area (Å²) >= 11 is 5.87. The second-order valence-electron chi connectivity index (χ2n) is 7.09. The third-order valence-corrected chi connectivity index (χ3v) is 7.46. The van der Waals surface area contributed by atoms with E-state index in [0.29, 0.717) is 23.0 Å². The fourth-order valence-corrected chi connectivity index (χ4v) is 5.27. The van der Waals surface area contributed by atoms with E-state index in [9.17, 15) is 8.42 Å². The van der Waals surface area contributed by atoms with Crippen molar-refractivity contribution in [2.75, 3.05) is 32.7 Å². The minimum absolute atomic E-state index is 0.300. The molecule has 0 saturated carbocycles. The predicted molar refractivity (Wildman–Crippen MR) is 111 cm³/mol. The van der Waals surface area contributed by atoms with Crippen molar-refractivity contribution in [1.82, 2.24) is 18.8 Å². The van der Waals surface area contributed by atoms with Gasteiger partial charge in [0.25, 0.3) is 0 Å². The van der Waals surface area contributed by atoms with Crippen LogP contribution in [0.1, 0.15) is 5.56 Å². The minimum atomic E-state index is -3.46. The average Bonchev–Trinajstić information content (AvgIpc) is 3.03. The molecule has 1 aliphatic rings. The van der Waals surface area contributed by atoms with Gasteiger partial charge in [0.05, 0.1) is 4.90 Å². The van der Waals surface area contributed by atoms with Crippen molar-refractivity contribution in [2.45, 2.75) is 11.3 Å². The SMILES string of the molecule is Cn1cc(CCN2CCN(S(=O)(=O)c3ccc(Cl)cc3)CC2)c2cccnc21. The molecule has 0 unspecified atom stereocenters. The minimum Gasteiger partial charge on any atom is -0.335 e. The fraction of sp³-hybridized carbons (Fsp3) is 0.350. The van der Waals surface area contributed by atoms with E-state index in [1.807, 2.05) is 19.3 Å². The molecule has 0 bridgehead atoms. The molecule has 0 N–H and O–H groups in total. The maximum Gasteiger partial charge on any atom is 0.243 e. The highest BCUT2D eigenvalue weighted by Crippen LogP contribution is 2.21. The lowest BCUT2D eigenvalue weighted by Crippen LogP contribution is -2.48. The van der Waals surface area contributed by atoms with Crippen LogP contribution < -0.4 is 0 Å². The largest absolute Gasteiger partial charge is 0.335 e. The van der Waals surface area contributed by atoms with Crippen molar-refractivity contribution < 1.29 is 8.42 Å². The highest BCUT2D eigenvalue weighted by atomic mass is 35.5. The second-order valence-corrected chi connectivity index (χ2v) is 9.46. The molecule has 148 valence electrons. The van der Waals surface area contributed by atoms with E-state index >= 15 is 0 Å². The molecule has 3 heterocycles. The van der Waals surface area contributed by atoms with Gasteiger partial charge in [0.1, 0.15) is 5.65 Å². The zero-order chi connectivity index (χ0) is 19.7. The average molecular weight is 419 g/mol. The summed E-state index contributed by atoms with van der Waals surface area (Å²) in [6.45, 7) is 3.37. The van der Waals surface area contributed by atoms with Gasteiger partial charge in [-0.1, -0.05) is 11.6 Å². The van der Waals surface area contributed by atoms with Crippen LogP contribution in [0.25, 0.3) is 11.0 Å². The molecule has 6 nitrogen and oxygen atoms in total. The van der Waals surface area contributed by atoms with Crippen LogP contribution in [0.2, 0.25) is 5.02 Å². The number of pyridine rings is 1. The van der Waals surface area contributed by atoms with Gasteiger partial charge >= 0.3 is 0 Å². The monoisotopic (exact) mass is 418 g/mol. The fourth-order valence-electron chi connectivity index (χ4n) is 3.72. The third-order valence-electron chi connectivity index (χ3n) is 5.30. The van der Waals surface area contributed by atoms with Crippen molar-refractivity contribution in [3.8, 4) is 0 Å². The topological polar surface area (TPSA) is 58.4 Å². The van der Waals surface area contributed by atoms with Crippen LogP contribution in [0.3, 0.4) is 0 Å². The Morgan fingerprint density at radius 3 is 2.50 bits per heavy atom. The molecule has 0 atom stereocenters. The number of hydrogen-bond acceptors (Lipinski definition) is 4. The Morgan fingerprint density at radius 1 is 1.07 bits per heavy atom. The first-order chi connectivity index (χ1) is 13.4. The highest BCUT2D eigenvalue weighted by molar-refractivity contribution is 7.89. The van der Waals surface area contributed by atoms with E-state index < -0.39 is 10.0 Å². The number of halogens is 1. The summed E-state index contributed by atoms with van der Waals surface area (Å²) in [5, 5.41) is 1.72. The second kappa shape index (κ2) is 7.83. The van der Waals surface area contributed by atoms with E-state index in [1.54, 1.807) is 28.6 Å². The number of benzene rings is 1. The van der Waals surface area contributed by atoms with Crippen LogP contribution >= 0.6 is 11.6 Å². The number of aromatic nitrogens is 2. The lowest BCUT2D eigenvalue weighted by atomic mass is 10.1. The van der Waals surface area contributed by atoms with E-state index in [2.05, 4.69) is 26.7 Å². The molecule has 28 heavy (non-hydrogen) atoms. The molecule has 8 heteroatoms. The number of hydrogen-bond donors (Lipinski definition) is 0. The summed E-state index contributed by atoms with van der Waals surface area (Å²) in [6, 6.07) is 10.4. The van der Waals surface area contributed by atoms with Crippen molar-refractivity contribution >= 4 is 32.7 Å². The highest BCUT2D eigenvalue weighted by Gasteiger charge is 2.28.